The highest BCUT2D eigenvalue weighted by Gasteiger charge is 2.29. The molecule has 6 nitrogen and oxygen atoms in total. The number of hydrogen-bond donors (Lipinski definition) is 2. The van der Waals surface area contributed by atoms with Crippen LogP contribution in [0.25, 0.3) is 0 Å². The number of ether oxygens (including phenoxy) is 1. The minimum atomic E-state index is -3.53. The number of sulfone groups is 1. The van der Waals surface area contributed by atoms with Gasteiger partial charge in [0.25, 0.3) is 0 Å². The Morgan fingerprint density at radius 2 is 2.00 bits per heavy atom. The molecule has 1 aromatic rings. The van der Waals surface area contributed by atoms with E-state index in [0.717, 1.165) is 17.8 Å². The summed E-state index contributed by atoms with van der Waals surface area (Å²) in [5.41, 5.74) is 5.88. The number of anilines is 2. The molecule has 0 aromatic carbocycles. The third-order valence-electron chi connectivity index (χ3n) is 3.04. The number of nitrogen functional groups attached to an aromatic ring is 1. The second-order valence-corrected chi connectivity index (χ2v) is 7.82. The molecule has 21 heavy (non-hydrogen) atoms. The van der Waals surface area contributed by atoms with Crippen LogP contribution in [0.4, 0.5) is 10.7 Å². The van der Waals surface area contributed by atoms with Gasteiger partial charge in [-0.2, -0.15) is 0 Å². The zero-order valence-electron chi connectivity index (χ0n) is 12.7. The average molecular weight is 334 g/mol. The highest BCUT2D eigenvalue weighted by Crippen LogP contribution is 2.40. The van der Waals surface area contributed by atoms with E-state index in [-0.39, 0.29) is 33.9 Å². The van der Waals surface area contributed by atoms with Crippen molar-refractivity contribution in [2.75, 3.05) is 23.4 Å². The second-order valence-electron chi connectivity index (χ2n) is 4.58. The lowest BCUT2D eigenvalue weighted by atomic mass is 10.3. The van der Waals surface area contributed by atoms with Crippen molar-refractivity contribution in [1.82, 2.24) is 0 Å². The van der Waals surface area contributed by atoms with Crippen LogP contribution < -0.4 is 11.1 Å². The van der Waals surface area contributed by atoms with Gasteiger partial charge in [0.15, 0.2) is 9.84 Å². The first-order chi connectivity index (χ1) is 9.78. The predicted molar refractivity (Wildman–Crippen MR) is 85.8 cm³/mol. The highest BCUT2D eigenvalue weighted by molar-refractivity contribution is 7.91. The van der Waals surface area contributed by atoms with E-state index in [2.05, 4.69) is 5.32 Å². The molecule has 0 saturated heterocycles. The topological polar surface area (TPSA) is 98.5 Å². The normalized spacial score (nSPS) is 13.0. The van der Waals surface area contributed by atoms with Crippen LogP contribution in [-0.2, 0) is 14.6 Å². The first kappa shape index (κ1) is 17.8. The van der Waals surface area contributed by atoms with Crippen LogP contribution in [0.15, 0.2) is 4.90 Å². The van der Waals surface area contributed by atoms with E-state index in [1.807, 2.05) is 13.8 Å². The fraction of sp³-hybridized carbons (Fsp3) is 0.615. The standard InChI is InChI=1S/C13H22N2O4S2/c1-5-8(4)15-12-11(21(17,18)7-3)9(14)10(20-12)13(16)19-6-2/h8,15H,5-7,14H2,1-4H3. The summed E-state index contributed by atoms with van der Waals surface area (Å²) < 4.78 is 29.4. The predicted octanol–water partition coefficient (Wildman–Crippen LogP) is 2.51. The summed E-state index contributed by atoms with van der Waals surface area (Å²) in [7, 11) is -3.53. The number of rotatable bonds is 7. The van der Waals surface area contributed by atoms with Crippen LogP contribution >= 0.6 is 11.3 Å². The smallest absolute Gasteiger partial charge is 0.350 e. The third-order valence-corrected chi connectivity index (χ3v) is 6.09. The number of hydrogen-bond acceptors (Lipinski definition) is 7. The molecule has 0 aliphatic rings. The van der Waals surface area contributed by atoms with E-state index in [9.17, 15) is 13.2 Å². The summed E-state index contributed by atoms with van der Waals surface area (Å²) in [6.45, 7) is 7.35. The maximum absolute atomic E-state index is 12.2. The Morgan fingerprint density at radius 1 is 1.38 bits per heavy atom. The lowest BCUT2D eigenvalue weighted by molar-refractivity contribution is 0.0533. The van der Waals surface area contributed by atoms with Crippen LogP contribution in [0.2, 0.25) is 0 Å². The van der Waals surface area contributed by atoms with Crippen molar-refractivity contribution in [3.63, 3.8) is 0 Å². The second kappa shape index (κ2) is 7.13. The summed E-state index contributed by atoms with van der Waals surface area (Å²) in [6.07, 6.45) is 0.818. The largest absolute Gasteiger partial charge is 0.462 e. The summed E-state index contributed by atoms with van der Waals surface area (Å²) in [4.78, 5) is 12.0. The molecule has 1 heterocycles. The average Bonchev–Trinajstić information content (AvgIpc) is 2.76. The number of esters is 1. The Bertz CT molecular complexity index is 608. The Morgan fingerprint density at radius 3 is 2.48 bits per heavy atom. The molecule has 3 N–H and O–H groups in total. The molecule has 1 rings (SSSR count). The number of nitrogens with one attached hydrogen (secondary N) is 1. The Hall–Kier alpha value is -1.28. The zero-order chi connectivity index (χ0) is 16.2. The van der Waals surface area contributed by atoms with Crippen molar-refractivity contribution >= 4 is 37.8 Å². The molecule has 0 aliphatic heterocycles. The van der Waals surface area contributed by atoms with E-state index in [1.165, 1.54) is 0 Å². The van der Waals surface area contributed by atoms with Gasteiger partial charge in [0.2, 0.25) is 0 Å². The highest BCUT2D eigenvalue weighted by atomic mass is 32.2. The van der Waals surface area contributed by atoms with E-state index in [4.69, 9.17) is 10.5 Å². The fourth-order valence-corrected chi connectivity index (χ4v) is 4.31. The van der Waals surface area contributed by atoms with Gasteiger partial charge in [0.1, 0.15) is 14.8 Å². The minimum Gasteiger partial charge on any atom is -0.462 e. The molecule has 8 heteroatoms. The third kappa shape index (κ3) is 3.88. The van der Waals surface area contributed by atoms with E-state index < -0.39 is 15.8 Å². The van der Waals surface area contributed by atoms with E-state index in [1.54, 1.807) is 13.8 Å². The molecule has 120 valence electrons. The Labute approximate surface area is 129 Å². The monoisotopic (exact) mass is 334 g/mol. The first-order valence-corrected chi connectivity index (χ1v) is 9.33. The number of nitrogens with two attached hydrogens (primary N) is 1. The first-order valence-electron chi connectivity index (χ1n) is 6.87. The molecule has 1 aromatic heterocycles. The molecule has 0 bridgehead atoms. The van der Waals surface area contributed by atoms with Crippen molar-refractivity contribution in [3.8, 4) is 0 Å². The van der Waals surface area contributed by atoms with Gasteiger partial charge in [-0.15, -0.1) is 11.3 Å². The lowest BCUT2D eigenvalue weighted by Gasteiger charge is -2.13. The van der Waals surface area contributed by atoms with Crippen LogP contribution in [0.3, 0.4) is 0 Å². The summed E-state index contributed by atoms with van der Waals surface area (Å²) in [5, 5.41) is 3.52. The number of thiophene rings is 1. The van der Waals surface area contributed by atoms with Crippen LogP contribution in [0.5, 0.6) is 0 Å². The maximum atomic E-state index is 12.2. The van der Waals surface area contributed by atoms with Gasteiger partial charge in [-0.25, -0.2) is 13.2 Å². The summed E-state index contributed by atoms with van der Waals surface area (Å²) in [6, 6.07) is 0.0731. The van der Waals surface area contributed by atoms with Gasteiger partial charge < -0.3 is 15.8 Å². The molecule has 0 spiro atoms. The fourth-order valence-electron chi connectivity index (χ4n) is 1.65. The molecular formula is C13H22N2O4S2. The van der Waals surface area contributed by atoms with Crippen molar-refractivity contribution in [1.29, 1.82) is 0 Å². The van der Waals surface area contributed by atoms with Crippen LogP contribution in [0.1, 0.15) is 43.8 Å². The van der Waals surface area contributed by atoms with Gasteiger partial charge in [-0.1, -0.05) is 13.8 Å². The Kier molecular flexibility index (Phi) is 6.03. The molecule has 0 radical (unpaired) electrons. The van der Waals surface area contributed by atoms with Crippen molar-refractivity contribution < 1.29 is 17.9 Å². The lowest BCUT2D eigenvalue weighted by Crippen LogP contribution is -2.16. The van der Waals surface area contributed by atoms with Crippen molar-refractivity contribution in [3.05, 3.63) is 4.88 Å². The van der Waals surface area contributed by atoms with Gasteiger partial charge in [0, 0.05) is 6.04 Å². The molecule has 0 aliphatic carbocycles. The summed E-state index contributed by atoms with van der Waals surface area (Å²) in [5.74, 6) is -0.671. The number of carbonyl (C=O) groups is 1. The van der Waals surface area contributed by atoms with Gasteiger partial charge in [-0.05, 0) is 20.3 Å². The number of carbonyl (C=O) groups excluding carboxylic acids is 1. The minimum absolute atomic E-state index is 0.0124. The molecular weight excluding hydrogens is 312 g/mol. The van der Waals surface area contributed by atoms with Crippen molar-refractivity contribution in [2.24, 2.45) is 0 Å². The molecule has 1 atom stereocenters. The zero-order valence-corrected chi connectivity index (χ0v) is 14.4. The quantitative estimate of drug-likeness (QED) is 0.743. The van der Waals surface area contributed by atoms with Crippen LogP contribution in [-0.4, -0.2) is 32.8 Å². The van der Waals surface area contributed by atoms with E-state index >= 15 is 0 Å². The Balaban J connectivity index is 3.40. The maximum Gasteiger partial charge on any atom is 0.350 e. The van der Waals surface area contributed by atoms with Gasteiger partial charge in [0.05, 0.1) is 18.0 Å². The molecule has 0 fully saturated rings. The van der Waals surface area contributed by atoms with Crippen LogP contribution in [0, 0.1) is 0 Å². The van der Waals surface area contributed by atoms with E-state index in [0.29, 0.717) is 5.00 Å². The molecule has 1 unspecified atom stereocenters. The van der Waals surface area contributed by atoms with Crippen molar-refractivity contribution in [2.45, 2.75) is 45.1 Å². The summed E-state index contributed by atoms with van der Waals surface area (Å²) >= 11 is 1.03. The SMILES string of the molecule is CCOC(=O)c1sc(NC(C)CC)c(S(=O)(=O)CC)c1N. The molecule has 0 amide bonds. The molecule has 0 saturated carbocycles. The van der Waals surface area contributed by atoms with Gasteiger partial charge >= 0.3 is 5.97 Å². The van der Waals surface area contributed by atoms with Gasteiger partial charge in [-0.3, -0.25) is 0 Å².